The third-order valence-electron chi connectivity index (χ3n) is 6.23. The van der Waals surface area contributed by atoms with E-state index >= 15 is 0 Å². The van der Waals surface area contributed by atoms with Gasteiger partial charge >= 0.3 is 0 Å². The van der Waals surface area contributed by atoms with Crippen LogP contribution in [-0.4, -0.2) is 52.0 Å². The minimum Gasteiger partial charge on any atom is -0.390 e. The van der Waals surface area contributed by atoms with Crippen molar-refractivity contribution in [3.8, 4) is 0 Å². The second-order valence-electron chi connectivity index (χ2n) is 8.79. The summed E-state index contributed by atoms with van der Waals surface area (Å²) in [6.07, 6.45) is 3.10. The topological polar surface area (TPSA) is 104 Å². The van der Waals surface area contributed by atoms with Crippen molar-refractivity contribution in [3.63, 3.8) is 0 Å². The standard InChI is InChI=1S/C25H30N2O5S3/c28-21(15-26-24-18-33-19-25(24)34(29,30)22-11-3-1-4-12-22)17-27(16-20-9-7-8-10-20)35(31,32)23-13-5-2-6-14-23/h1-6,11-14,18-21,26,28H,7-10,15-17H2. The van der Waals surface area contributed by atoms with Crippen molar-refractivity contribution in [1.29, 1.82) is 0 Å². The summed E-state index contributed by atoms with van der Waals surface area (Å²) in [6.45, 7) is 0.297. The molecular weight excluding hydrogens is 504 g/mol. The fourth-order valence-corrected chi connectivity index (χ4v) is 8.55. The van der Waals surface area contributed by atoms with Crippen LogP contribution in [0.25, 0.3) is 0 Å². The van der Waals surface area contributed by atoms with Crippen LogP contribution in [0.2, 0.25) is 0 Å². The number of sulfone groups is 1. The first-order chi connectivity index (χ1) is 16.8. The summed E-state index contributed by atoms with van der Waals surface area (Å²) in [6, 6.07) is 16.4. The average molecular weight is 535 g/mol. The van der Waals surface area contributed by atoms with Gasteiger partial charge in [-0.3, -0.25) is 0 Å². The number of hydrogen-bond donors (Lipinski definition) is 2. The number of hydrogen-bond acceptors (Lipinski definition) is 7. The van der Waals surface area contributed by atoms with Gasteiger partial charge in [-0.1, -0.05) is 49.2 Å². The van der Waals surface area contributed by atoms with Gasteiger partial charge in [-0.2, -0.15) is 4.31 Å². The average Bonchev–Trinajstić information content (AvgIpc) is 3.56. The molecule has 1 saturated carbocycles. The van der Waals surface area contributed by atoms with Crippen LogP contribution in [0.4, 0.5) is 5.69 Å². The van der Waals surface area contributed by atoms with Crippen LogP contribution in [0.5, 0.6) is 0 Å². The minimum atomic E-state index is -3.77. The van der Waals surface area contributed by atoms with Crippen molar-refractivity contribution in [2.24, 2.45) is 5.92 Å². The predicted octanol–water partition coefficient (Wildman–Crippen LogP) is 4.23. The van der Waals surface area contributed by atoms with E-state index in [4.69, 9.17) is 0 Å². The van der Waals surface area contributed by atoms with E-state index in [1.807, 2.05) is 0 Å². The zero-order chi connectivity index (χ0) is 24.9. The highest BCUT2D eigenvalue weighted by Gasteiger charge is 2.30. The summed E-state index contributed by atoms with van der Waals surface area (Å²) in [7, 11) is -7.48. The van der Waals surface area contributed by atoms with Crippen molar-refractivity contribution in [1.82, 2.24) is 4.31 Å². The van der Waals surface area contributed by atoms with Gasteiger partial charge in [0.25, 0.3) is 0 Å². The van der Waals surface area contributed by atoms with Gasteiger partial charge in [0, 0.05) is 30.4 Å². The third kappa shape index (κ3) is 6.13. The van der Waals surface area contributed by atoms with Gasteiger partial charge in [-0.25, -0.2) is 16.8 Å². The number of aliphatic hydroxyl groups is 1. The predicted molar refractivity (Wildman–Crippen MR) is 138 cm³/mol. The van der Waals surface area contributed by atoms with E-state index in [2.05, 4.69) is 5.32 Å². The number of sulfonamides is 1. The molecule has 0 saturated heterocycles. The van der Waals surface area contributed by atoms with Gasteiger partial charge in [0.15, 0.2) is 0 Å². The molecule has 0 aliphatic heterocycles. The first-order valence-electron chi connectivity index (χ1n) is 11.6. The summed E-state index contributed by atoms with van der Waals surface area (Å²) < 4.78 is 54.1. The largest absolute Gasteiger partial charge is 0.390 e. The number of nitrogens with one attached hydrogen (secondary N) is 1. The molecule has 3 aromatic rings. The van der Waals surface area contributed by atoms with Crippen LogP contribution in [0, 0.1) is 5.92 Å². The first-order valence-corrected chi connectivity index (χ1v) is 15.5. The van der Waals surface area contributed by atoms with Gasteiger partial charge in [-0.15, -0.1) is 11.3 Å². The highest BCUT2D eigenvalue weighted by molar-refractivity contribution is 7.91. The number of aliphatic hydroxyl groups excluding tert-OH is 1. The van der Waals surface area contributed by atoms with E-state index < -0.39 is 26.0 Å². The maximum Gasteiger partial charge on any atom is 0.243 e. The molecular formula is C25H30N2O5S3. The lowest BCUT2D eigenvalue weighted by Gasteiger charge is -2.27. The molecule has 1 heterocycles. The fourth-order valence-electron chi connectivity index (χ4n) is 4.37. The molecule has 1 atom stereocenters. The SMILES string of the molecule is O=S(=O)(c1ccccc1)c1cscc1NCC(O)CN(CC1CCCC1)S(=O)(=O)c1ccccc1. The molecule has 2 N–H and O–H groups in total. The molecule has 188 valence electrons. The van der Waals surface area contributed by atoms with Crippen molar-refractivity contribution >= 4 is 36.9 Å². The summed E-state index contributed by atoms with van der Waals surface area (Å²) in [5.41, 5.74) is 0.395. The lowest BCUT2D eigenvalue weighted by Crippen LogP contribution is -2.42. The number of nitrogens with zero attached hydrogens (tertiary/aromatic N) is 1. The Kier molecular flexibility index (Phi) is 8.28. The normalized spacial score (nSPS) is 15.9. The number of rotatable bonds is 11. The van der Waals surface area contributed by atoms with Crippen molar-refractivity contribution in [2.45, 2.75) is 46.5 Å². The smallest absolute Gasteiger partial charge is 0.243 e. The van der Waals surface area contributed by atoms with E-state index in [0.29, 0.717) is 12.2 Å². The molecule has 7 nitrogen and oxygen atoms in total. The Labute approximate surface area is 211 Å². The molecule has 1 aliphatic carbocycles. The lowest BCUT2D eigenvalue weighted by molar-refractivity contribution is 0.151. The van der Waals surface area contributed by atoms with Crippen molar-refractivity contribution in [3.05, 3.63) is 71.4 Å². The number of anilines is 1. The Hall–Kier alpha value is -2.24. The van der Waals surface area contributed by atoms with E-state index in [1.54, 1.807) is 71.4 Å². The highest BCUT2D eigenvalue weighted by Crippen LogP contribution is 2.31. The van der Waals surface area contributed by atoms with E-state index in [-0.39, 0.29) is 33.7 Å². The Bertz CT molecular complexity index is 1300. The van der Waals surface area contributed by atoms with Gasteiger partial charge in [0.2, 0.25) is 19.9 Å². The van der Waals surface area contributed by atoms with Gasteiger partial charge < -0.3 is 10.4 Å². The highest BCUT2D eigenvalue weighted by atomic mass is 32.2. The van der Waals surface area contributed by atoms with Crippen LogP contribution in [0.1, 0.15) is 25.7 Å². The van der Waals surface area contributed by atoms with E-state index in [9.17, 15) is 21.9 Å². The van der Waals surface area contributed by atoms with Crippen LogP contribution in [-0.2, 0) is 19.9 Å². The molecule has 1 unspecified atom stereocenters. The van der Waals surface area contributed by atoms with Gasteiger partial charge in [0.05, 0.1) is 21.6 Å². The van der Waals surface area contributed by atoms with Gasteiger partial charge in [0.1, 0.15) is 4.90 Å². The summed E-state index contributed by atoms with van der Waals surface area (Å²) in [5.74, 6) is 0.271. The summed E-state index contributed by atoms with van der Waals surface area (Å²) in [5, 5.41) is 17.1. The monoisotopic (exact) mass is 534 g/mol. The molecule has 1 fully saturated rings. The van der Waals surface area contributed by atoms with Gasteiger partial charge in [-0.05, 0) is 43.0 Å². The van der Waals surface area contributed by atoms with Crippen LogP contribution in [0.15, 0.2) is 86.1 Å². The lowest BCUT2D eigenvalue weighted by atomic mass is 10.1. The zero-order valence-electron chi connectivity index (χ0n) is 19.3. The Morgan fingerprint density at radius 3 is 2.14 bits per heavy atom. The molecule has 0 spiro atoms. The number of benzene rings is 2. The Morgan fingerprint density at radius 2 is 1.51 bits per heavy atom. The van der Waals surface area contributed by atoms with Crippen LogP contribution >= 0.6 is 11.3 Å². The quantitative estimate of drug-likeness (QED) is 0.382. The molecule has 0 radical (unpaired) electrons. The van der Waals surface area contributed by atoms with E-state index in [1.165, 1.54) is 15.6 Å². The Morgan fingerprint density at radius 1 is 0.914 bits per heavy atom. The maximum absolute atomic E-state index is 13.3. The second kappa shape index (κ2) is 11.2. The number of thiophene rings is 1. The minimum absolute atomic E-state index is 0.0134. The molecule has 2 aromatic carbocycles. The molecule has 35 heavy (non-hydrogen) atoms. The molecule has 4 rings (SSSR count). The molecule has 1 aliphatic rings. The molecule has 0 amide bonds. The Balaban J connectivity index is 1.47. The second-order valence-corrected chi connectivity index (χ2v) is 13.4. The zero-order valence-corrected chi connectivity index (χ0v) is 21.7. The molecule has 10 heteroatoms. The van der Waals surface area contributed by atoms with Crippen molar-refractivity contribution in [2.75, 3.05) is 25.0 Å². The maximum atomic E-state index is 13.3. The summed E-state index contributed by atoms with van der Waals surface area (Å²) in [4.78, 5) is 0.534. The van der Waals surface area contributed by atoms with Crippen LogP contribution < -0.4 is 5.32 Å². The summed E-state index contributed by atoms with van der Waals surface area (Å²) >= 11 is 1.25. The third-order valence-corrected chi connectivity index (χ3v) is 10.8. The first kappa shape index (κ1) is 25.8. The fraction of sp³-hybridized carbons (Fsp3) is 0.360. The molecule has 1 aromatic heterocycles. The van der Waals surface area contributed by atoms with Crippen LogP contribution in [0.3, 0.4) is 0 Å². The van der Waals surface area contributed by atoms with Crippen molar-refractivity contribution < 1.29 is 21.9 Å². The molecule has 0 bridgehead atoms. The van der Waals surface area contributed by atoms with E-state index in [0.717, 1.165) is 25.7 Å².